The number of Topliss-reactive ketones (excluding diaryl/α,β-unsaturated/α-hetero) is 1. The van der Waals surface area contributed by atoms with Crippen molar-refractivity contribution in [1.29, 1.82) is 0 Å². The summed E-state index contributed by atoms with van der Waals surface area (Å²) in [6, 6.07) is 13.2. The zero-order valence-corrected chi connectivity index (χ0v) is 18.1. The third-order valence-electron chi connectivity index (χ3n) is 5.40. The second-order valence-corrected chi connectivity index (χ2v) is 8.97. The summed E-state index contributed by atoms with van der Waals surface area (Å²) < 4.78 is 0. The molecule has 0 aromatic heterocycles. The first kappa shape index (κ1) is 23.3. The van der Waals surface area contributed by atoms with Crippen LogP contribution in [0.4, 0.5) is 5.69 Å². The van der Waals surface area contributed by atoms with Crippen LogP contribution in [-0.2, 0) is 9.59 Å². The van der Waals surface area contributed by atoms with E-state index < -0.39 is 28.1 Å². The van der Waals surface area contributed by atoms with Gasteiger partial charge in [-0.1, -0.05) is 71.0 Å². The monoisotopic (exact) mass is 411 g/mol. The van der Waals surface area contributed by atoms with E-state index in [2.05, 4.69) is 13.8 Å². The minimum atomic E-state index is -1.07. The predicted octanol–water partition coefficient (Wildman–Crippen LogP) is 5.68. The topological polar surface area (TPSA) is 97.5 Å². The van der Waals surface area contributed by atoms with E-state index in [1.165, 1.54) is 24.3 Å². The molecule has 6 nitrogen and oxygen atoms in total. The number of carboxylic acids is 1. The van der Waals surface area contributed by atoms with Crippen molar-refractivity contribution in [2.75, 3.05) is 0 Å². The van der Waals surface area contributed by atoms with Crippen LogP contribution in [0.25, 0.3) is 0 Å². The maximum atomic E-state index is 12.8. The SMILES string of the molecule is CC(C)c1ccc([C@@H](CC(=O)C(C)(C)C)[C@H](C(=O)O)c2ccc([N+](=O)[O-])cc2)cc1. The van der Waals surface area contributed by atoms with Crippen molar-refractivity contribution in [2.45, 2.75) is 58.8 Å². The van der Waals surface area contributed by atoms with Crippen LogP contribution in [0.1, 0.15) is 75.5 Å². The van der Waals surface area contributed by atoms with E-state index >= 15 is 0 Å². The molecule has 0 fully saturated rings. The summed E-state index contributed by atoms with van der Waals surface area (Å²) in [5, 5.41) is 21.0. The van der Waals surface area contributed by atoms with Crippen molar-refractivity contribution in [3.63, 3.8) is 0 Å². The van der Waals surface area contributed by atoms with Crippen molar-refractivity contribution in [3.8, 4) is 0 Å². The Balaban J connectivity index is 2.54. The largest absolute Gasteiger partial charge is 0.481 e. The standard InChI is InChI=1S/C24H29NO5/c1-15(2)16-6-8-17(9-7-16)20(14-21(26)24(3,4)5)22(23(27)28)18-10-12-19(13-11-18)25(29)30/h6-13,15,20,22H,14H2,1-5H3,(H,27,28)/t20-,22-/m1/s1. The molecule has 30 heavy (non-hydrogen) atoms. The molecule has 6 heteroatoms. The number of aliphatic carboxylic acids is 1. The number of hydrogen-bond donors (Lipinski definition) is 1. The Kier molecular flexibility index (Phi) is 7.13. The molecule has 160 valence electrons. The molecule has 0 unspecified atom stereocenters. The van der Waals surface area contributed by atoms with E-state index in [1.54, 1.807) is 0 Å². The van der Waals surface area contributed by atoms with Gasteiger partial charge in [0.25, 0.3) is 5.69 Å². The van der Waals surface area contributed by atoms with Gasteiger partial charge in [0.05, 0.1) is 10.8 Å². The molecule has 0 aliphatic carbocycles. The maximum Gasteiger partial charge on any atom is 0.311 e. The van der Waals surface area contributed by atoms with E-state index in [0.717, 1.165) is 11.1 Å². The molecule has 0 radical (unpaired) electrons. The summed E-state index contributed by atoms with van der Waals surface area (Å²) in [5.41, 5.74) is 1.62. The summed E-state index contributed by atoms with van der Waals surface area (Å²) in [6.45, 7) is 9.60. The highest BCUT2D eigenvalue weighted by Gasteiger charge is 2.35. The number of nitro benzene ring substituents is 1. The molecular weight excluding hydrogens is 382 g/mol. The third kappa shape index (κ3) is 5.53. The molecule has 0 heterocycles. The Labute approximate surface area is 177 Å². The van der Waals surface area contributed by atoms with Crippen LogP contribution in [-0.4, -0.2) is 21.8 Å². The number of carbonyl (C=O) groups excluding carboxylic acids is 1. The van der Waals surface area contributed by atoms with Gasteiger partial charge in [0.1, 0.15) is 5.78 Å². The third-order valence-corrected chi connectivity index (χ3v) is 5.40. The molecule has 0 bridgehead atoms. The molecule has 0 aliphatic heterocycles. The lowest BCUT2D eigenvalue weighted by Crippen LogP contribution is -2.27. The minimum absolute atomic E-state index is 0.0337. The van der Waals surface area contributed by atoms with E-state index in [-0.39, 0.29) is 17.9 Å². The molecule has 2 atom stereocenters. The number of hydrogen-bond acceptors (Lipinski definition) is 4. The van der Waals surface area contributed by atoms with E-state index in [4.69, 9.17) is 0 Å². The van der Waals surface area contributed by atoms with Gasteiger partial charge < -0.3 is 5.11 Å². The summed E-state index contributed by atoms with van der Waals surface area (Å²) in [4.78, 5) is 35.6. The number of carboxylic acid groups (broad SMARTS) is 1. The molecule has 2 aromatic rings. The van der Waals surface area contributed by atoms with Crippen LogP contribution in [0.5, 0.6) is 0 Å². The minimum Gasteiger partial charge on any atom is -0.481 e. The Morgan fingerprint density at radius 2 is 1.40 bits per heavy atom. The molecule has 0 spiro atoms. The summed E-state index contributed by atoms with van der Waals surface area (Å²) in [7, 11) is 0. The molecule has 1 N–H and O–H groups in total. The molecule has 0 saturated carbocycles. The smallest absolute Gasteiger partial charge is 0.311 e. The Morgan fingerprint density at radius 3 is 1.80 bits per heavy atom. The second kappa shape index (κ2) is 9.20. The first-order chi connectivity index (χ1) is 13.9. The number of ketones is 1. The summed E-state index contributed by atoms with van der Waals surface area (Å²) in [5.74, 6) is -2.35. The van der Waals surface area contributed by atoms with Crippen molar-refractivity contribution in [2.24, 2.45) is 5.41 Å². The van der Waals surface area contributed by atoms with Gasteiger partial charge in [-0.05, 0) is 22.6 Å². The number of nitro groups is 1. The zero-order chi connectivity index (χ0) is 22.6. The van der Waals surface area contributed by atoms with Crippen LogP contribution in [0, 0.1) is 15.5 Å². The molecule has 2 aromatic carbocycles. The van der Waals surface area contributed by atoms with Crippen molar-refractivity contribution in [1.82, 2.24) is 0 Å². The lowest BCUT2D eigenvalue weighted by Gasteiger charge is -2.27. The number of rotatable bonds is 8. The fraction of sp³-hybridized carbons (Fsp3) is 0.417. The predicted molar refractivity (Wildman–Crippen MR) is 116 cm³/mol. The molecule has 0 saturated heterocycles. The van der Waals surface area contributed by atoms with Gasteiger partial charge in [-0.2, -0.15) is 0 Å². The normalized spacial score (nSPS) is 13.7. The zero-order valence-electron chi connectivity index (χ0n) is 18.1. The fourth-order valence-corrected chi connectivity index (χ4v) is 3.41. The second-order valence-electron chi connectivity index (χ2n) is 8.97. The van der Waals surface area contributed by atoms with E-state index in [9.17, 15) is 24.8 Å². The number of nitrogens with zero attached hydrogens (tertiary/aromatic N) is 1. The molecule has 0 amide bonds. The molecule has 2 rings (SSSR count). The van der Waals surface area contributed by atoms with Crippen LogP contribution in [0.3, 0.4) is 0 Å². The quantitative estimate of drug-likeness (QED) is 0.445. The van der Waals surface area contributed by atoms with Gasteiger partial charge in [0, 0.05) is 29.9 Å². The Morgan fingerprint density at radius 1 is 0.933 bits per heavy atom. The number of benzene rings is 2. The van der Waals surface area contributed by atoms with Crippen LogP contribution in [0.15, 0.2) is 48.5 Å². The molecule has 0 aliphatic rings. The van der Waals surface area contributed by atoms with Gasteiger partial charge in [-0.3, -0.25) is 19.7 Å². The lowest BCUT2D eigenvalue weighted by atomic mass is 9.75. The van der Waals surface area contributed by atoms with E-state index in [1.807, 2.05) is 45.0 Å². The average Bonchev–Trinajstić information content (AvgIpc) is 2.66. The fourth-order valence-electron chi connectivity index (χ4n) is 3.41. The van der Waals surface area contributed by atoms with Crippen molar-refractivity contribution < 1.29 is 19.6 Å². The number of carbonyl (C=O) groups is 2. The first-order valence-corrected chi connectivity index (χ1v) is 10.0. The Bertz CT molecular complexity index is 908. The maximum absolute atomic E-state index is 12.8. The van der Waals surface area contributed by atoms with Crippen LogP contribution < -0.4 is 0 Å². The highest BCUT2D eigenvalue weighted by molar-refractivity contribution is 5.86. The van der Waals surface area contributed by atoms with E-state index in [0.29, 0.717) is 11.5 Å². The highest BCUT2D eigenvalue weighted by atomic mass is 16.6. The van der Waals surface area contributed by atoms with Gasteiger partial charge in [0.2, 0.25) is 0 Å². The van der Waals surface area contributed by atoms with Gasteiger partial charge in [-0.25, -0.2) is 0 Å². The van der Waals surface area contributed by atoms with Gasteiger partial charge >= 0.3 is 5.97 Å². The average molecular weight is 411 g/mol. The van der Waals surface area contributed by atoms with Crippen LogP contribution in [0.2, 0.25) is 0 Å². The number of non-ortho nitro benzene ring substituents is 1. The van der Waals surface area contributed by atoms with Crippen molar-refractivity contribution >= 4 is 17.4 Å². The van der Waals surface area contributed by atoms with Crippen molar-refractivity contribution in [3.05, 3.63) is 75.3 Å². The van der Waals surface area contributed by atoms with Gasteiger partial charge in [0.15, 0.2) is 0 Å². The van der Waals surface area contributed by atoms with Crippen LogP contribution >= 0.6 is 0 Å². The highest BCUT2D eigenvalue weighted by Crippen LogP contribution is 2.39. The summed E-state index contributed by atoms with van der Waals surface area (Å²) >= 11 is 0. The lowest BCUT2D eigenvalue weighted by molar-refractivity contribution is -0.384. The molecular formula is C24H29NO5. The Hall–Kier alpha value is -3.02. The first-order valence-electron chi connectivity index (χ1n) is 10.0. The summed E-state index contributed by atoms with van der Waals surface area (Å²) in [6.07, 6.45) is 0.0679. The van der Waals surface area contributed by atoms with Gasteiger partial charge in [-0.15, -0.1) is 0 Å².